The van der Waals surface area contributed by atoms with Crippen molar-refractivity contribution in [2.75, 3.05) is 5.32 Å². The van der Waals surface area contributed by atoms with E-state index in [1.807, 2.05) is 48.7 Å². The van der Waals surface area contributed by atoms with Crippen LogP contribution in [0, 0.1) is 3.57 Å². The maximum Gasteiger partial charge on any atom is 0.256 e. The van der Waals surface area contributed by atoms with E-state index in [2.05, 4.69) is 39.0 Å². The molecule has 1 aliphatic heterocycles. The third-order valence-corrected chi connectivity index (χ3v) is 4.36. The molecule has 0 atom stereocenters. The second-order valence-electron chi connectivity index (χ2n) is 4.99. The maximum atomic E-state index is 12.2. The summed E-state index contributed by atoms with van der Waals surface area (Å²) in [4.78, 5) is 15.4. The third-order valence-electron chi connectivity index (χ3n) is 3.69. The number of hydrogen-bond donors (Lipinski definition) is 2. The number of carbonyl (C=O) groups excluding carboxylic acids is 1. The molecular weight excluding hydrogens is 375 g/mol. The smallest absolute Gasteiger partial charge is 0.256 e. The zero-order chi connectivity index (χ0) is 14.4. The first kappa shape index (κ1) is 12.6. The van der Waals surface area contributed by atoms with Crippen molar-refractivity contribution in [1.29, 1.82) is 0 Å². The Morgan fingerprint density at radius 1 is 1.10 bits per heavy atom. The highest BCUT2D eigenvalue weighted by atomic mass is 127. The van der Waals surface area contributed by atoms with Gasteiger partial charge in [-0.05, 0) is 52.9 Å². The molecule has 0 saturated heterocycles. The van der Waals surface area contributed by atoms with Crippen LogP contribution in [-0.4, -0.2) is 10.9 Å². The van der Waals surface area contributed by atoms with E-state index in [4.69, 9.17) is 0 Å². The second kappa shape index (κ2) is 4.73. The van der Waals surface area contributed by atoms with Crippen molar-refractivity contribution in [2.24, 2.45) is 0 Å². The van der Waals surface area contributed by atoms with Gasteiger partial charge in [0.25, 0.3) is 5.91 Å². The van der Waals surface area contributed by atoms with Crippen molar-refractivity contribution < 1.29 is 4.79 Å². The van der Waals surface area contributed by atoms with Gasteiger partial charge in [-0.3, -0.25) is 4.79 Å². The summed E-state index contributed by atoms with van der Waals surface area (Å²) in [5, 5.41) is 4.04. The first-order valence-corrected chi connectivity index (χ1v) is 7.69. The number of benzene rings is 2. The van der Waals surface area contributed by atoms with Crippen LogP contribution in [0.2, 0.25) is 0 Å². The SMILES string of the molecule is O=C1Nc2ccc(I)cc2C1=Cc1c[nH]c2ccccc12. The van der Waals surface area contributed by atoms with Gasteiger partial charge in [0.1, 0.15) is 0 Å². The Labute approximate surface area is 135 Å². The fourth-order valence-corrected chi connectivity index (χ4v) is 3.16. The van der Waals surface area contributed by atoms with Gasteiger partial charge in [0.05, 0.1) is 0 Å². The molecule has 2 N–H and O–H groups in total. The monoisotopic (exact) mass is 386 g/mol. The van der Waals surface area contributed by atoms with Gasteiger partial charge < -0.3 is 10.3 Å². The summed E-state index contributed by atoms with van der Waals surface area (Å²) in [5.74, 6) is -0.0442. The number of rotatable bonds is 1. The van der Waals surface area contributed by atoms with Crippen molar-refractivity contribution in [3.05, 3.63) is 63.4 Å². The number of halogens is 1. The molecule has 2 aromatic carbocycles. The zero-order valence-corrected chi connectivity index (χ0v) is 13.1. The summed E-state index contributed by atoms with van der Waals surface area (Å²) < 4.78 is 1.12. The average Bonchev–Trinajstić information content (AvgIpc) is 3.02. The molecule has 21 heavy (non-hydrogen) atoms. The lowest BCUT2D eigenvalue weighted by atomic mass is 10.0. The molecular formula is C17H11IN2O. The van der Waals surface area contributed by atoms with Crippen LogP contribution in [0.3, 0.4) is 0 Å². The van der Waals surface area contributed by atoms with Crippen LogP contribution in [0.4, 0.5) is 5.69 Å². The molecule has 3 nitrogen and oxygen atoms in total. The molecule has 1 amide bonds. The Kier molecular flexibility index (Phi) is 2.85. The quantitative estimate of drug-likeness (QED) is 0.476. The summed E-state index contributed by atoms with van der Waals surface area (Å²) in [6, 6.07) is 14.1. The molecule has 0 fully saturated rings. The van der Waals surface area contributed by atoms with Crippen LogP contribution in [0.25, 0.3) is 22.6 Å². The van der Waals surface area contributed by atoms with Gasteiger partial charge in [0.2, 0.25) is 0 Å². The topological polar surface area (TPSA) is 44.9 Å². The van der Waals surface area contributed by atoms with E-state index < -0.39 is 0 Å². The predicted molar refractivity (Wildman–Crippen MR) is 94.0 cm³/mol. The minimum Gasteiger partial charge on any atom is -0.361 e. The van der Waals surface area contributed by atoms with Gasteiger partial charge in [0, 0.05) is 43.1 Å². The Morgan fingerprint density at radius 3 is 2.86 bits per heavy atom. The molecule has 3 aromatic rings. The van der Waals surface area contributed by atoms with Gasteiger partial charge >= 0.3 is 0 Å². The molecule has 0 radical (unpaired) electrons. The molecule has 0 unspecified atom stereocenters. The van der Waals surface area contributed by atoms with Crippen LogP contribution < -0.4 is 5.32 Å². The molecule has 2 heterocycles. The van der Waals surface area contributed by atoms with E-state index in [-0.39, 0.29) is 5.91 Å². The van der Waals surface area contributed by atoms with Crippen LogP contribution in [0.15, 0.2) is 48.7 Å². The number of anilines is 1. The van der Waals surface area contributed by atoms with Gasteiger partial charge in [0.15, 0.2) is 0 Å². The first-order valence-electron chi connectivity index (χ1n) is 6.61. The van der Waals surface area contributed by atoms with Crippen molar-refractivity contribution in [2.45, 2.75) is 0 Å². The Morgan fingerprint density at radius 2 is 1.95 bits per heavy atom. The molecule has 1 aliphatic rings. The molecule has 1 aromatic heterocycles. The van der Waals surface area contributed by atoms with Crippen molar-refractivity contribution in [1.82, 2.24) is 4.98 Å². The van der Waals surface area contributed by atoms with Crippen molar-refractivity contribution in [3.8, 4) is 0 Å². The van der Waals surface area contributed by atoms with Gasteiger partial charge in [-0.2, -0.15) is 0 Å². The summed E-state index contributed by atoms with van der Waals surface area (Å²) in [6.45, 7) is 0. The fourth-order valence-electron chi connectivity index (χ4n) is 2.67. The van der Waals surface area contributed by atoms with Crippen LogP contribution in [0.5, 0.6) is 0 Å². The summed E-state index contributed by atoms with van der Waals surface area (Å²) in [5.41, 5.74) is 4.67. The second-order valence-corrected chi connectivity index (χ2v) is 6.24. The highest BCUT2D eigenvalue weighted by molar-refractivity contribution is 14.1. The molecule has 0 bridgehead atoms. The van der Waals surface area contributed by atoms with Crippen LogP contribution in [0.1, 0.15) is 11.1 Å². The van der Waals surface area contributed by atoms with E-state index in [0.29, 0.717) is 5.57 Å². The van der Waals surface area contributed by atoms with E-state index >= 15 is 0 Å². The number of H-pyrrole nitrogens is 1. The van der Waals surface area contributed by atoms with Crippen molar-refractivity contribution in [3.63, 3.8) is 0 Å². The highest BCUT2D eigenvalue weighted by Gasteiger charge is 2.24. The first-order chi connectivity index (χ1) is 10.2. The number of carbonyl (C=O) groups is 1. The highest BCUT2D eigenvalue weighted by Crippen LogP contribution is 2.35. The lowest BCUT2D eigenvalue weighted by Gasteiger charge is -1.99. The van der Waals surface area contributed by atoms with Gasteiger partial charge in [-0.1, -0.05) is 18.2 Å². The number of amides is 1. The maximum absolute atomic E-state index is 12.2. The summed E-state index contributed by atoms with van der Waals surface area (Å²) in [6.07, 6.45) is 3.90. The Hall–Kier alpha value is -2.08. The van der Waals surface area contributed by atoms with Crippen LogP contribution in [-0.2, 0) is 4.79 Å². The average molecular weight is 386 g/mol. The number of nitrogens with one attached hydrogen (secondary N) is 2. The molecule has 4 rings (SSSR count). The predicted octanol–water partition coefficient (Wildman–Crippen LogP) is 4.27. The number of fused-ring (bicyclic) bond motifs is 2. The van der Waals surface area contributed by atoms with Gasteiger partial charge in [-0.15, -0.1) is 0 Å². The van der Waals surface area contributed by atoms with E-state index in [1.54, 1.807) is 0 Å². The Balaban J connectivity index is 1.90. The van der Waals surface area contributed by atoms with E-state index in [0.717, 1.165) is 31.3 Å². The Bertz CT molecular complexity index is 908. The van der Waals surface area contributed by atoms with Gasteiger partial charge in [-0.25, -0.2) is 0 Å². The molecule has 0 spiro atoms. The normalized spacial score (nSPS) is 15.5. The number of aromatic amines is 1. The molecule has 0 aliphatic carbocycles. The summed E-state index contributed by atoms with van der Waals surface area (Å²) in [7, 11) is 0. The van der Waals surface area contributed by atoms with E-state index in [9.17, 15) is 4.79 Å². The minimum atomic E-state index is -0.0442. The lowest BCUT2D eigenvalue weighted by Crippen LogP contribution is -2.03. The minimum absolute atomic E-state index is 0.0442. The zero-order valence-electron chi connectivity index (χ0n) is 11.0. The van der Waals surface area contributed by atoms with Crippen LogP contribution >= 0.6 is 22.6 Å². The number of hydrogen-bond acceptors (Lipinski definition) is 1. The largest absolute Gasteiger partial charge is 0.361 e. The molecule has 4 heteroatoms. The number of para-hydroxylation sites is 1. The molecule has 102 valence electrons. The lowest BCUT2D eigenvalue weighted by molar-refractivity contribution is -0.110. The summed E-state index contributed by atoms with van der Waals surface area (Å²) >= 11 is 2.26. The standard InChI is InChI=1S/C17H11IN2O/c18-11-5-6-16-13(8-11)14(17(21)20-16)7-10-9-19-15-4-2-1-3-12(10)15/h1-9,19H,(H,20,21). The van der Waals surface area contributed by atoms with Crippen molar-refractivity contribution >= 4 is 56.7 Å². The molecule has 0 saturated carbocycles. The third kappa shape index (κ3) is 2.06. The number of aromatic nitrogens is 1. The van der Waals surface area contributed by atoms with E-state index in [1.165, 1.54) is 0 Å². The fraction of sp³-hybridized carbons (Fsp3) is 0.